The van der Waals surface area contributed by atoms with Crippen LogP contribution in [-0.2, 0) is 0 Å². The normalized spacial score (nSPS) is 28.1. The molecule has 0 N–H and O–H groups in total. The van der Waals surface area contributed by atoms with E-state index in [4.69, 9.17) is 0 Å². The molecule has 1 rings (SSSR count). The fourth-order valence-corrected chi connectivity index (χ4v) is 6.11. The zero-order chi connectivity index (χ0) is 12.4. The number of halogens is 3. The first-order chi connectivity index (χ1) is 7.16. The van der Waals surface area contributed by atoms with Crippen LogP contribution in [0.3, 0.4) is 0 Å². The summed E-state index contributed by atoms with van der Waals surface area (Å²) < 4.78 is 0.518. The van der Waals surface area contributed by atoms with Crippen molar-refractivity contribution in [2.45, 2.75) is 71.8 Å². The summed E-state index contributed by atoms with van der Waals surface area (Å²) in [4.78, 5) is 0. The Morgan fingerprint density at radius 1 is 0.938 bits per heavy atom. The SMILES string of the molecule is C[Si](C)(C)CCCCCCC1(Br)CC1(Br)Br. The number of alkyl halides is 3. The molecule has 4 heteroatoms. The van der Waals surface area contributed by atoms with E-state index in [-0.39, 0.29) is 3.23 Å². The maximum Gasteiger partial charge on any atom is 0.0972 e. The molecule has 1 aliphatic carbocycles. The van der Waals surface area contributed by atoms with Crippen molar-refractivity contribution >= 4 is 55.9 Å². The third-order valence-electron chi connectivity index (χ3n) is 3.28. The maximum absolute atomic E-state index is 3.83. The van der Waals surface area contributed by atoms with Gasteiger partial charge >= 0.3 is 0 Å². The van der Waals surface area contributed by atoms with E-state index in [1.165, 1.54) is 44.6 Å². The van der Waals surface area contributed by atoms with Crippen LogP contribution in [0.1, 0.15) is 38.5 Å². The molecule has 0 bridgehead atoms. The molecule has 0 aliphatic heterocycles. The Hall–Kier alpha value is 1.66. The molecule has 0 aromatic rings. The summed E-state index contributed by atoms with van der Waals surface area (Å²) in [5.41, 5.74) is 0. The summed E-state index contributed by atoms with van der Waals surface area (Å²) >= 11 is 11.2. The maximum atomic E-state index is 3.83. The molecule has 0 saturated heterocycles. The lowest BCUT2D eigenvalue weighted by Crippen LogP contribution is -2.18. The van der Waals surface area contributed by atoms with Crippen molar-refractivity contribution in [2.24, 2.45) is 0 Å². The lowest BCUT2D eigenvalue weighted by atomic mass is 10.1. The third-order valence-corrected chi connectivity index (χ3v) is 9.63. The average molecular weight is 435 g/mol. The number of hydrogen-bond donors (Lipinski definition) is 0. The second-order valence-corrected chi connectivity index (χ2v) is 17.2. The van der Waals surface area contributed by atoms with Crippen LogP contribution in [-0.4, -0.2) is 15.6 Å². The van der Waals surface area contributed by atoms with Crippen LogP contribution in [0.15, 0.2) is 0 Å². The Morgan fingerprint density at radius 3 is 1.88 bits per heavy atom. The van der Waals surface area contributed by atoms with E-state index in [0.29, 0.717) is 4.32 Å². The van der Waals surface area contributed by atoms with Gasteiger partial charge in [-0.1, -0.05) is 99.2 Å². The second-order valence-electron chi connectivity index (χ2n) is 6.32. The van der Waals surface area contributed by atoms with Gasteiger partial charge in [-0.2, -0.15) is 0 Å². The molecule has 1 saturated carbocycles. The summed E-state index contributed by atoms with van der Waals surface area (Å²) in [6, 6.07) is 1.49. The Balaban J connectivity index is 1.98. The van der Waals surface area contributed by atoms with E-state index >= 15 is 0 Å². The highest BCUT2D eigenvalue weighted by Crippen LogP contribution is 2.67. The standard InChI is InChI=1S/C12H23Br3Si/c1-16(2,3)9-7-5-4-6-8-11(13)10-12(11,14)15/h4-10H2,1-3H3. The molecule has 0 spiro atoms. The van der Waals surface area contributed by atoms with E-state index < -0.39 is 8.07 Å². The molecule has 0 heterocycles. The Morgan fingerprint density at radius 2 is 1.44 bits per heavy atom. The highest BCUT2D eigenvalue weighted by Gasteiger charge is 2.62. The first kappa shape index (κ1) is 15.7. The molecule has 1 fully saturated rings. The Bertz CT molecular complexity index is 235. The van der Waals surface area contributed by atoms with Gasteiger partial charge in [-0.3, -0.25) is 0 Å². The van der Waals surface area contributed by atoms with Crippen LogP contribution in [0.5, 0.6) is 0 Å². The molecular formula is C12H23Br3Si. The first-order valence-electron chi connectivity index (χ1n) is 6.23. The molecule has 0 aromatic heterocycles. The number of unbranched alkanes of at least 4 members (excludes halogenated alkanes) is 3. The summed E-state index contributed by atoms with van der Waals surface area (Å²) in [5.74, 6) is 0. The largest absolute Gasteiger partial charge is 0.0972 e. The van der Waals surface area contributed by atoms with Crippen LogP contribution < -0.4 is 0 Å². The van der Waals surface area contributed by atoms with Gasteiger partial charge in [0.1, 0.15) is 0 Å². The van der Waals surface area contributed by atoms with Gasteiger partial charge in [-0.05, 0) is 12.8 Å². The lowest BCUT2D eigenvalue weighted by Gasteiger charge is -2.15. The first-order valence-corrected chi connectivity index (χ1v) is 12.3. The van der Waals surface area contributed by atoms with Crippen molar-refractivity contribution in [3.63, 3.8) is 0 Å². The Kier molecular flexibility index (Phi) is 5.64. The van der Waals surface area contributed by atoms with Gasteiger partial charge in [0, 0.05) is 8.07 Å². The van der Waals surface area contributed by atoms with E-state index in [1.807, 2.05) is 0 Å². The minimum absolute atomic E-state index is 0.186. The summed E-state index contributed by atoms with van der Waals surface area (Å²) in [6.45, 7) is 7.40. The smallest absolute Gasteiger partial charge is 0.0828 e. The van der Waals surface area contributed by atoms with Crippen LogP contribution in [0, 0.1) is 0 Å². The molecule has 1 unspecified atom stereocenters. The molecule has 0 radical (unpaired) electrons. The zero-order valence-electron chi connectivity index (χ0n) is 10.6. The average Bonchev–Trinajstić information content (AvgIpc) is 2.57. The predicted molar refractivity (Wildman–Crippen MR) is 88.1 cm³/mol. The molecule has 0 amide bonds. The van der Waals surface area contributed by atoms with Crippen LogP contribution >= 0.6 is 47.8 Å². The van der Waals surface area contributed by atoms with Gasteiger partial charge in [0.05, 0.1) is 7.56 Å². The monoisotopic (exact) mass is 432 g/mol. The van der Waals surface area contributed by atoms with E-state index in [9.17, 15) is 0 Å². The van der Waals surface area contributed by atoms with Crippen molar-refractivity contribution in [2.75, 3.05) is 0 Å². The van der Waals surface area contributed by atoms with Gasteiger partial charge in [-0.15, -0.1) is 0 Å². The Labute approximate surface area is 127 Å². The van der Waals surface area contributed by atoms with Crippen molar-refractivity contribution < 1.29 is 0 Å². The zero-order valence-corrected chi connectivity index (χ0v) is 16.3. The van der Waals surface area contributed by atoms with Crippen molar-refractivity contribution in [1.82, 2.24) is 0 Å². The highest BCUT2D eigenvalue weighted by atomic mass is 79.9. The summed E-state index contributed by atoms with van der Waals surface area (Å²) in [7, 11) is -0.789. The van der Waals surface area contributed by atoms with Gasteiger partial charge < -0.3 is 0 Å². The molecule has 96 valence electrons. The van der Waals surface area contributed by atoms with Gasteiger partial charge in [0.25, 0.3) is 0 Å². The minimum Gasteiger partial charge on any atom is -0.0828 e. The van der Waals surface area contributed by atoms with Crippen molar-refractivity contribution in [3.8, 4) is 0 Å². The fourth-order valence-electron chi connectivity index (χ4n) is 1.99. The molecule has 1 atom stereocenters. The third kappa shape index (κ3) is 5.11. The predicted octanol–water partition coefficient (Wildman–Crippen LogP) is 6.30. The van der Waals surface area contributed by atoms with Gasteiger partial charge in [0.2, 0.25) is 0 Å². The van der Waals surface area contributed by atoms with Gasteiger partial charge in [-0.25, -0.2) is 0 Å². The topological polar surface area (TPSA) is 0 Å². The molecule has 16 heavy (non-hydrogen) atoms. The quantitative estimate of drug-likeness (QED) is 0.250. The number of hydrogen-bond acceptors (Lipinski definition) is 0. The van der Waals surface area contributed by atoms with E-state index in [1.54, 1.807) is 0 Å². The molecule has 0 nitrogen and oxygen atoms in total. The molecule has 0 aromatic carbocycles. The fraction of sp³-hybridized carbons (Fsp3) is 1.00. The highest BCUT2D eigenvalue weighted by molar-refractivity contribution is 9.26. The summed E-state index contributed by atoms with van der Waals surface area (Å²) in [5, 5.41) is 0. The van der Waals surface area contributed by atoms with Crippen molar-refractivity contribution in [3.05, 3.63) is 0 Å². The second kappa shape index (κ2) is 5.75. The lowest BCUT2D eigenvalue weighted by molar-refractivity contribution is 0.617. The molecule has 1 aliphatic rings. The van der Waals surface area contributed by atoms with Gasteiger partial charge in [0.15, 0.2) is 0 Å². The van der Waals surface area contributed by atoms with E-state index in [0.717, 1.165) is 0 Å². The van der Waals surface area contributed by atoms with E-state index in [2.05, 4.69) is 67.4 Å². The molecular weight excluding hydrogens is 412 g/mol. The number of rotatable bonds is 7. The van der Waals surface area contributed by atoms with Crippen LogP contribution in [0.2, 0.25) is 25.7 Å². The summed E-state index contributed by atoms with van der Waals surface area (Å²) in [6.07, 6.45) is 8.11. The van der Waals surface area contributed by atoms with Crippen molar-refractivity contribution in [1.29, 1.82) is 0 Å². The van der Waals surface area contributed by atoms with Crippen LogP contribution in [0.4, 0.5) is 0 Å². The van der Waals surface area contributed by atoms with Crippen LogP contribution in [0.25, 0.3) is 0 Å². The minimum atomic E-state index is -0.789.